The molecule has 0 aromatic heterocycles. The number of nitrogens with zero attached hydrogens (tertiary/aromatic N) is 2. The smallest absolute Gasteiger partial charge is 0.328 e. The first-order valence-electron chi connectivity index (χ1n) is 6.85. The Morgan fingerprint density at radius 3 is 2.45 bits per heavy atom. The Morgan fingerprint density at radius 1 is 1.30 bits per heavy atom. The minimum absolute atomic E-state index is 0.0285. The Labute approximate surface area is 117 Å². The molecule has 0 aliphatic carbocycles. The van der Waals surface area contributed by atoms with Gasteiger partial charge in [0.05, 0.1) is 0 Å². The lowest BCUT2D eigenvalue weighted by Gasteiger charge is -2.41. The van der Waals surface area contributed by atoms with Gasteiger partial charge in [-0.05, 0) is 18.3 Å². The molecule has 0 bridgehead atoms. The van der Waals surface area contributed by atoms with E-state index in [4.69, 9.17) is 5.11 Å². The SMILES string of the molecule is CC1(C)CCN(C(=O)N2CC(=O)NCC2C(=O)O)CC1. The number of carbonyl (C=O) groups excluding carboxylic acids is 2. The highest BCUT2D eigenvalue weighted by molar-refractivity contribution is 5.90. The number of piperazine rings is 1. The molecule has 7 nitrogen and oxygen atoms in total. The molecule has 2 saturated heterocycles. The number of piperidine rings is 1. The number of carboxylic acid groups (broad SMARTS) is 1. The third-order valence-electron chi connectivity index (χ3n) is 4.10. The summed E-state index contributed by atoms with van der Waals surface area (Å²) in [7, 11) is 0. The van der Waals surface area contributed by atoms with Gasteiger partial charge in [-0.1, -0.05) is 13.8 Å². The van der Waals surface area contributed by atoms with E-state index in [-0.39, 0.29) is 30.4 Å². The highest BCUT2D eigenvalue weighted by Gasteiger charge is 2.38. The van der Waals surface area contributed by atoms with Crippen LogP contribution in [0.5, 0.6) is 0 Å². The number of amides is 3. The number of nitrogens with one attached hydrogen (secondary N) is 1. The molecule has 0 aromatic carbocycles. The van der Waals surface area contributed by atoms with Crippen LogP contribution in [0.25, 0.3) is 0 Å². The third-order valence-corrected chi connectivity index (χ3v) is 4.10. The third kappa shape index (κ3) is 3.02. The van der Waals surface area contributed by atoms with E-state index in [1.165, 1.54) is 4.90 Å². The molecule has 2 aliphatic heterocycles. The molecule has 0 aromatic rings. The highest BCUT2D eigenvalue weighted by atomic mass is 16.4. The predicted octanol–water partition coefficient (Wildman–Crippen LogP) is 0.113. The first-order chi connectivity index (χ1) is 9.30. The van der Waals surface area contributed by atoms with Gasteiger partial charge in [0.25, 0.3) is 0 Å². The fourth-order valence-corrected chi connectivity index (χ4v) is 2.55. The molecule has 112 valence electrons. The molecule has 0 spiro atoms. The Balaban J connectivity index is 2.06. The molecule has 2 N–H and O–H groups in total. The van der Waals surface area contributed by atoms with Crippen LogP contribution >= 0.6 is 0 Å². The van der Waals surface area contributed by atoms with Gasteiger partial charge in [-0.15, -0.1) is 0 Å². The van der Waals surface area contributed by atoms with E-state index in [2.05, 4.69) is 19.2 Å². The van der Waals surface area contributed by atoms with E-state index in [1.807, 2.05) is 0 Å². The van der Waals surface area contributed by atoms with Crippen LogP contribution in [0.15, 0.2) is 0 Å². The quantitative estimate of drug-likeness (QED) is 0.715. The average Bonchev–Trinajstić information content (AvgIpc) is 2.37. The molecule has 3 amide bonds. The lowest BCUT2D eigenvalue weighted by Crippen LogP contribution is -2.62. The van der Waals surface area contributed by atoms with Gasteiger partial charge in [-0.2, -0.15) is 0 Å². The van der Waals surface area contributed by atoms with Gasteiger partial charge in [0.15, 0.2) is 0 Å². The topological polar surface area (TPSA) is 90.0 Å². The lowest BCUT2D eigenvalue weighted by molar-refractivity contribution is -0.144. The number of carboxylic acids is 1. The number of rotatable bonds is 1. The summed E-state index contributed by atoms with van der Waals surface area (Å²) in [5.41, 5.74) is 0.211. The van der Waals surface area contributed by atoms with Crippen molar-refractivity contribution in [3.63, 3.8) is 0 Å². The number of urea groups is 1. The Hall–Kier alpha value is -1.79. The lowest BCUT2D eigenvalue weighted by atomic mass is 9.83. The summed E-state index contributed by atoms with van der Waals surface area (Å²) in [6.45, 7) is 5.31. The molecule has 1 unspecified atom stereocenters. The second-order valence-corrected chi connectivity index (χ2v) is 6.22. The van der Waals surface area contributed by atoms with Crippen molar-refractivity contribution >= 4 is 17.9 Å². The zero-order valence-corrected chi connectivity index (χ0v) is 11.9. The van der Waals surface area contributed by atoms with Crippen molar-refractivity contribution in [1.29, 1.82) is 0 Å². The van der Waals surface area contributed by atoms with Gasteiger partial charge >= 0.3 is 12.0 Å². The van der Waals surface area contributed by atoms with Crippen molar-refractivity contribution in [2.24, 2.45) is 5.41 Å². The first-order valence-corrected chi connectivity index (χ1v) is 6.85. The second-order valence-electron chi connectivity index (χ2n) is 6.22. The zero-order chi connectivity index (χ0) is 14.9. The van der Waals surface area contributed by atoms with E-state index in [1.54, 1.807) is 4.90 Å². The maximum absolute atomic E-state index is 12.4. The van der Waals surface area contributed by atoms with E-state index in [0.717, 1.165) is 12.8 Å². The molecular formula is C13H21N3O4. The number of carbonyl (C=O) groups is 3. The fourth-order valence-electron chi connectivity index (χ4n) is 2.55. The monoisotopic (exact) mass is 283 g/mol. The van der Waals surface area contributed by atoms with Crippen LogP contribution in [0.4, 0.5) is 4.79 Å². The summed E-state index contributed by atoms with van der Waals surface area (Å²) in [4.78, 5) is 37.9. The maximum Gasteiger partial charge on any atom is 0.328 e. The van der Waals surface area contributed by atoms with Crippen LogP contribution < -0.4 is 5.32 Å². The van der Waals surface area contributed by atoms with Gasteiger partial charge in [0, 0.05) is 19.6 Å². The van der Waals surface area contributed by atoms with E-state index >= 15 is 0 Å². The number of hydrogen-bond donors (Lipinski definition) is 2. The van der Waals surface area contributed by atoms with E-state index in [0.29, 0.717) is 13.1 Å². The predicted molar refractivity (Wildman–Crippen MR) is 71.1 cm³/mol. The fraction of sp³-hybridized carbons (Fsp3) is 0.769. The Morgan fingerprint density at radius 2 is 1.90 bits per heavy atom. The maximum atomic E-state index is 12.4. The Bertz CT molecular complexity index is 425. The van der Waals surface area contributed by atoms with Gasteiger partial charge in [-0.3, -0.25) is 9.69 Å². The summed E-state index contributed by atoms with van der Waals surface area (Å²) in [5.74, 6) is -1.40. The standard InChI is InChI=1S/C13H21N3O4/c1-13(2)3-5-15(6-4-13)12(20)16-8-10(17)14-7-9(16)11(18)19/h9H,3-8H2,1-2H3,(H,14,17)(H,18,19). The largest absolute Gasteiger partial charge is 0.480 e. The zero-order valence-electron chi connectivity index (χ0n) is 11.9. The van der Waals surface area contributed by atoms with Crippen LogP contribution in [0.2, 0.25) is 0 Å². The molecule has 0 saturated carbocycles. The average molecular weight is 283 g/mol. The number of likely N-dealkylation sites (tertiary alicyclic amines) is 1. The van der Waals surface area contributed by atoms with Crippen molar-refractivity contribution in [3.05, 3.63) is 0 Å². The van der Waals surface area contributed by atoms with Crippen LogP contribution in [-0.4, -0.2) is 65.0 Å². The molecule has 7 heteroatoms. The van der Waals surface area contributed by atoms with E-state index < -0.39 is 12.0 Å². The van der Waals surface area contributed by atoms with Crippen molar-refractivity contribution in [3.8, 4) is 0 Å². The summed E-state index contributed by atoms with van der Waals surface area (Å²) < 4.78 is 0. The van der Waals surface area contributed by atoms with Crippen molar-refractivity contribution < 1.29 is 19.5 Å². The molecule has 20 heavy (non-hydrogen) atoms. The van der Waals surface area contributed by atoms with Gasteiger partial charge in [0.2, 0.25) is 5.91 Å². The van der Waals surface area contributed by atoms with Crippen LogP contribution in [0, 0.1) is 5.41 Å². The molecular weight excluding hydrogens is 262 g/mol. The van der Waals surface area contributed by atoms with Gasteiger partial charge in [0.1, 0.15) is 12.6 Å². The first kappa shape index (κ1) is 14.6. The van der Waals surface area contributed by atoms with E-state index in [9.17, 15) is 14.4 Å². The van der Waals surface area contributed by atoms with Crippen molar-refractivity contribution in [1.82, 2.24) is 15.1 Å². The molecule has 1 atom stereocenters. The molecule has 2 rings (SSSR count). The van der Waals surface area contributed by atoms with Crippen LogP contribution in [-0.2, 0) is 9.59 Å². The van der Waals surface area contributed by atoms with Crippen LogP contribution in [0.1, 0.15) is 26.7 Å². The number of hydrogen-bond acceptors (Lipinski definition) is 3. The normalized spacial score (nSPS) is 26.1. The Kier molecular flexibility index (Phi) is 3.87. The minimum atomic E-state index is -1.09. The van der Waals surface area contributed by atoms with Gasteiger partial charge < -0.3 is 15.3 Å². The van der Waals surface area contributed by atoms with Crippen molar-refractivity contribution in [2.45, 2.75) is 32.7 Å². The highest BCUT2D eigenvalue weighted by Crippen LogP contribution is 2.30. The molecule has 2 aliphatic rings. The second kappa shape index (κ2) is 5.30. The summed E-state index contributed by atoms with van der Waals surface area (Å²) in [6, 6.07) is -1.32. The molecule has 2 fully saturated rings. The van der Waals surface area contributed by atoms with Crippen molar-refractivity contribution in [2.75, 3.05) is 26.2 Å². The number of aliphatic carboxylic acids is 1. The molecule has 0 radical (unpaired) electrons. The molecule has 2 heterocycles. The summed E-state index contributed by atoms with van der Waals surface area (Å²) in [6.07, 6.45) is 1.77. The van der Waals surface area contributed by atoms with Gasteiger partial charge in [-0.25, -0.2) is 9.59 Å². The minimum Gasteiger partial charge on any atom is -0.480 e. The summed E-state index contributed by atoms with van der Waals surface area (Å²) >= 11 is 0. The summed E-state index contributed by atoms with van der Waals surface area (Å²) in [5, 5.41) is 11.6. The van der Waals surface area contributed by atoms with Crippen LogP contribution in [0.3, 0.4) is 0 Å².